The lowest BCUT2D eigenvalue weighted by Gasteiger charge is -2.08. The van der Waals surface area contributed by atoms with E-state index in [-0.39, 0.29) is 17.9 Å². The Morgan fingerprint density at radius 2 is 1.95 bits per heavy atom. The summed E-state index contributed by atoms with van der Waals surface area (Å²) in [5.74, 6) is -1.22. The number of amides is 1. The second kappa shape index (κ2) is 6.41. The summed E-state index contributed by atoms with van der Waals surface area (Å²) in [7, 11) is 0. The lowest BCUT2D eigenvalue weighted by molar-refractivity contribution is -0.115. The molecule has 108 valence electrons. The number of anilines is 2. The van der Waals surface area contributed by atoms with E-state index in [2.05, 4.69) is 21.2 Å². The molecule has 0 spiro atoms. The first kappa shape index (κ1) is 15.1. The Hall–Kier alpha value is -2.34. The summed E-state index contributed by atoms with van der Waals surface area (Å²) in [6.45, 7) is 0. The number of nitrogen functional groups attached to an aromatic ring is 1. The molecule has 0 heterocycles. The fourth-order valence-electron chi connectivity index (χ4n) is 1.83. The normalized spacial score (nSPS) is 10.1. The summed E-state index contributed by atoms with van der Waals surface area (Å²) >= 11 is 3.24. The molecule has 0 aliphatic rings. The van der Waals surface area contributed by atoms with Gasteiger partial charge in [0, 0.05) is 10.2 Å². The number of nitrogens with two attached hydrogens (primary N) is 1. The zero-order valence-corrected chi connectivity index (χ0v) is 12.6. The number of rotatable bonds is 4. The van der Waals surface area contributed by atoms with Crippen molar-refractivity contribution in [2.24, 2.45) is 0 Å². The van der Waals surface area contributed by atoms with Gasteiger partial charge in [-0.25, -0.2) is 4.79 Å². The molecule has 0 aliphatic heterocycles. The van der Waals surface area contributed by atoms with Gasteiger partial charge in [0.05, 0.1) is 17.7 Å². The minimum atomic E-state index is -1.02. The van der Waals surface area contributed by atoms with Crippen molar-refractivity contribution in [3.8, 4) is 0 Å². The van der Waals surface area contributed by atoms with Crippen molar-refractivity contribution >= 4 is 39.2 Å². The van der Waals surface area contributed by atoms with E-state index >= 15 is 0 Å². The molecular weight excluding hydrogens is 336 g/mol. The number of nitrogens with one attached hydrogen (secondary N) is 1. The quantitative estimate of drug-likeness (QED) is 0.740. The maximum absolute atomic E-state index is 12.0. The summed E-state index contributed by atoms with van der Waals surface area (Å²) in [5, 5.41) is 11.6. The summed E-state index contributed by atoms with van der Waals surface area (Å²) in [4.78, 5) is 22.8. The van der Waals surface area contributed by atoms with Crippen LogP contribution >= 0.6 is 15.9 Å². The Morgan fingerprint density at radius 1 is 1.19 bits per heavy atom. The molecule has 21 heavy (non-hydrogen) atoms. The lowest BCUT2D eigenvalue weighted by Crippen LogP contribution is -2.15. The second-order valence-corrected chi connectivity index (χ2v) is 5.32. The molecule has 0 radical (unpaired) electrons. The Kier molecular flexibility index (Phi) is 4.59. The largest absolute Gasteiger partial charge is 0.478 e. The van der Waals surface area contributed by atoms with E-state index in [0.29, 0.717) is 15.8 Å². The predicted molar refractivity (Wildman–Crippen MR) is 84.3 cm³/mol. The Morgan fingerprint density at radius 3 is 2.57 bits per heavy atom. The van der Waals surface area contributed by atoms with Crippen LogP contribution in [-0.2, 0) is 11.2 Å². The number of aromatic carboxylic acids is 1. The highest BCUT2D eigenvalue weighted by Crippen LogP contribution is 2.24. The lowest BCUT2D eigenvalue weighted by atomic mass is 10.1. The number of hydrogen-bond donors (Lipinski definition) is 3. The molecule has 0 saturated carbocycles. The number of carboxylic acid groups (broad SMARTS) is 1. The number of benzene rings is 2. The topological polar surface area (TPSA) is 92.4 Å². The van der Waals surface area contributed by atoms with Crippen molar-refractivity contribution in [1.82, 2.24) is 0 Å². The predicted octanol–water partition coefficient (Wildman–Crippen LogP) is 2.91. The van der Waals surface area contributed by atoms with Crippen LogP contribution in [0.1, 0.15) is 15.9 Å². The molecule has 0 bridgehead atoms. The minimum Gasteiger partial charge on any atom is -0.478 e. The van der Waals surface area contributed by atoms with E-state index in [9.17, 15) is 9.59 Å². The van der Waals surface area contributed by atoms with Gasteiger partial charge in [0.25, 0.3) is 0 Å². The molecule has 0 atom stereocenters. The molecule has 2 aromatic rings. The average molecular weight is 349 g/mol. The van der Waals surface area contributed by atoms with Gasteiger partial charge in [0.15, 0.2) is 0 Å². The van der Waals surface area contributed by atoms with Crippen LogP contribution in [0.2, 0.25) is 0 Å². The second-order valence-electron chi connectivity index (χ2n) is 4.47. The minimum absolute atomic E-state index is 0.149. The van der Waals surface area contributed by atoms with Gasteiger partial charge in [0.1, 0.15) is 0 Å². The number of halogens is 1. The first-order valence-electron chi connectivity index (χ1n) is 6.13. The van der Waals surface area contributed by atoms with Crippen molar-refractivity contribution in [1.29, 1.82) is 0 Å². The smallest absolute Gasteiger partial charge is 0.335 e. The fraction of sp³-hybridized carbons (Fsp3) is 0.0667. The van der Waals surface area contributed by atoms with Gasteiger partial charge in [-0.15, -0.1) is 0 Å². The van der Waals surface area contributed by atoms with Crippen molar-refractivity contribution in [3.05, 3.63) is 58.1 Å². The number of carboxylic acids is 1. The zero-order valence-electron chi connectivity index (χ0n) is 11.0. The Bertz CT molecular complexity index is 701. The zero-order chi connectivity index (χ0) is 15.4. The van der Waals surface area contributed by atoms with E-state index in [0.717, 1.165) is 5.56 Å². The van der Waals surface area contributed by atoms with Gasteiger partial charge >= 0.3 is 5.97 Å². The molecule has 0 fully saturated rings. The number of carbonyl (C=O) groups excluding carboxylic acids is 1. The summed E-state index contributed by atoms with van der Waals surface area (Å²) in [6, 6.07) is 11.5. The molecule has 0 saturated heterocycles. The van der Waals surface area contributed by atoms with Gasteiger partial charge in [-0.05, 0) is 51.8 Å². The molecule has 6 heteroatoms. The van der Waals surface area contributed by atoms with Crippen LogP contribution < -0.4 is 11.1 Å². The molecule has 0 aromatic heterocycles. The molecule has 4 N–H and O–H groups in total. The highest BCUT2D eigenvalue weighted by Gasteiger charge is 2.10. The monoisotopic (exact) mass is 348 g/mol. The summed E-state index contributed by atoms with van der Waals surface area (Å²) in [6.07, 6.45) is 0.193. The molecule has 2 aromatic carbocycles. The van der Waals surface area contributed by atoms with Crippen LogP contribution in [0.3, 0.4) is 0 Å². The number of carbonyl (C=O) groups is 2. The van der Waals surface area contributed by atoms with E-state index in [1.54, 1.807) is 24.3 Å². The van der Waals surface area contributed by atoms with Crippen LogP contribution in [0.25, 0.3) is 0 Å². The molecule has 0 aliphatic carbocycles. The third kappa shape index (κ3) is 4.06. The van der Waals surface area contributed by atoms with Crippen molar-refractivity contribution in [2.45, 2.75) is 6.42 Å². The van der Waals surface area contributed by atoms with Crippen LogP contribution in [0.5, 0.6) is 0 Å². The van der Waals surface area contributed by atoms with E-state index in [4.69, 9.17) is 10.8 Å². The van der Waals surface area contributed by atoms with Gasteiger partial charge in [-0.1, -0.05) is 12.1 Å². The van der Waals surface area contributed by atoms with Crippen molar-refractivity contribution in [2.75, 3.05) is 11.1 Å². The molecule has 5 nitrogen and oxygen atoms in total. The highest BCUT2D eigenvalue weighted by atomic mass is 79.9. The van der Waals surface area contributed by atoms with Gasteiger partial charge in [-0.2, -0.15) is 0 Å². The SMILES string of the molecule is Nc1cccc(CC(=O)Nc2ccc(C(=O)O)cc2Br)c1. The van der Waals surface area contributed by atoms with Crippen molar-refractivity contribution < 1.29 is 14.7 Å². The first-order valence-corrected chi connectivity index (χ1v) is 6.92. The number of hydrogen-bond acceptors (Lipinski definition) is 3. The van der Waals surface area contributed by atoms with Crippen LogP contribution in [0, 0.1) is 0 Å². The Balaban J connectivity index is 2.08. The molecule has 1 amide bonds. The van der Waals surface area contributed by atoms with Crippen LogP contribution in [0.15, 0.2) is 46.9 Å². The van der Waals surface area contributed by atoms with Crippen LogP contribution in [0.4, 0.5) is 11.4 Å². The van der Waals surface area contributed by atoms with E-state index < -0.39 is 5.97 Å². The van der Waals surface area contributed by atoms with Gasteiger partial charge in [-0.3, -0.25) is 4.79 Å². The van der Waals surface area contributed by atoms with E-state index in [1.807, 2.05) is 6.07 Å². The van der Waals surface area contributed by atoms with Crippen molar-refractivity contribution in [3.63, 3.8) is 0 Å². The van der Waals surface area contributed by atoms with Crippen LogP contribution in [-0.4, -0.2) is 17.0 Å². The van der Waals surface area contributed by atoms with Gasteiger partial charge in [0.2, 0.25) is 5.91 Å². The highest BCUT2D eigenvalue weighted by molar-refractivity contribution is 9.10. The third-order valence-electron chi connectivity index (χ3n) is 2.81. The maximum Gasteiger partial charge on any atom is 0.335 e. The summed E-state index contributed by atoms with van der Waals surface area (Å²) < 4.78 is 0.517. The standard InChI is InChI=1S/C15H13BrN2O3/c16-12-8-10(15(20)21)4-5-13(12)18-14(19)7-9-2-1-3-11(17)6-9/h1-6,8H,7,17H2,(H,18,19)(H,20,21). The van der Waals surface area contributed by atoms with E-state index in [1.165, 1.54) is 12.1 Å². The average Bonchev–Trinajstić information content (AvgIpc) is 2.40. The molecular formula is C15H13BrN2O3. The first-order chi connectivity index (χ1) is 9.95. The molecule has 0 unspecified atom stereocenters. The Labute approximate surface area is 129 Å². The summed E-state index contributed by atoms with van der Waals surface area (Å²) in [5.41, 5.74) is 7.75. The fourth-order valence-corrected chi connectivity index (χ4v) is 2.31. The maximum atomic E-state index is 12.0. The molecule has 2 rings (SSSR count). The van der Waals surface area contributed by atoms with Gasteiger partial charge < -0.3 is 16.2 Å². The third-order valence-corrected chi connectivity index (χ3v) is 3.46.